The van der Waals surface area contributed by atoms with E-state index in [0.717, 1.165) is 22.9 Å². The maximum absolute atomic E-state index is 12.3. The van der Waals surface area contributed by atoms with Crippen LogP contribution in [0.4, 0.5) is 0 Å². The molecule has 0 aromatic heterocycles. The van der Waals surface area contributed by atoms with Gasteiger partial charge in [0.25, 0.3) is 5.91 Å². The summed E-state index contributed by atoms with van der Waals surface area (Å²) in [7, 11) is 0. The maximum atomic E-state index is 12.3. The molecule has 1 heterocycles. The van der Waals surface area contributed by atoms with Crippen LogP contribution in [-0.2, 0) is 0 Å². The lowest BCUT2D eigenvalue weighted by Crippen LogP contribution is -2.38. The van der Waals surface area contributed by atoms with Crippen molar-refractivity contribution in [1.82, 2.24) is 4.90 Å². The fourth-order valence-electron chi connectivity index (χ4n) is 2.18. The minimum Gasteiger partial charge on any atom is -0.339 e. The van der Waals surface area contributed by atoms with E-state index in [1.165, 1.54) is 0 Å². The predicted molar refractivity (Wildman–Crippen MR) is 73.1 cm³/mol. The van der Waals surface area contributed by atoms with Crippen LogP contribution in [0.15, 0.2) is 22.7 Å². The van der Waals surface area contributed by atoms with E-state index in [9.17, 15) is 4.79 Å². The molecule has 1 aliphatic rings. The second-order valence-corrected chi connectivity index (χ2v) is 5.53. The highest BCUT2D eigenvalue weighted by atomic mass is 79.9. The van der Waals surface area contributed by atoms with Crippen LogP contribution in [0.5, 0.6) is 0 Å². The van der Waals surface area contributed by atoms with E-state index < -0.39 is 0 Å². The number of nitrogens with zero attached hydrogens (tertiary/aromatic N) is 2. The fourth-order valence-corrected chi connectivity index (χ4v) is 2.84. The smallest absolute Gasteiger partial charge is 0.254 e. The number of benzene rings is 1. The van der Waals surface area contributed by atoms with Crippen LogP contribution in [0.2, 0.25) is 0 Å². The van der Waals surface area contributed by atoms with Crippen molar-refractivity contribution in [2.24, 2.45) is 5.92 Å². The molecule has 2 rings (SSSR count). The molecule has 18 heavy (non-hydrogen) atoms. The molecular formula is C14H15BrN2O. The molecule has 1 amide bonds. The summed E-state index contributed by atoms with van der Waals surface area (Å²) in [5, 5.41) is 8.85. The molecule has 1 aromatic rings. The molecule has 1 aromatic carbocycles. The van der Waals surface area contributed by atoms with Gasteiger partial charge in [0.2, 0.25) is 0 Å². The van der Waals surface area contributed by atoms with Gasteiger partial charge < -0.3 is 4.90 Å². The van der Waals surface area contributed by atoms with Gasteiger partial charge in [-0.1, -0.05) is 6.07 Å². The summed E-state index contributed by atoms with van der Waals surface area (Å²) in [6, 6.07) is 8.03. The van der Waals surface area contributed by atoms with Gasteiger partial charge in [-0.05, 0) is 53.4 Å². The van der Waals surface area contributed by atoms with Crippen LogP contribution in [0.25, 0.3) is 0 Å². The average Bonchev–Trinajstić information content (AvgIpc) is 2.38. The molecule has 4 heteroatoms. The topological polar surface area (TPSA) is 44.1 Å². The third-order valence-electron chi connectivity index (χ3n) is 3.32. The monoisotopic (exact) mass is 306 g/mol. The lowest BCUT2D eigenvalue weighted by atomic mass is 9.98. The molecule has 0 aliphatic carbocycles. The zero-order valence-electron chi connectivity index (χ0n) is 10.3. The maximum Gasteiger partial charge on any atom is 0.254 e. The third kappa shape index (κ3) is 2.73. The van der Waals surface area contributed by atoms with Gasteiger partial charge in [0.05, 0.1) is 11.6 Å². The first-order chi connectivity index (χ1) is 8.61. The quantitative estimate of drug-likeness (QED) is 0.800. The van der Waals surface area contributed by atoms with E-state index in [0.29, 0.717) is 18.7 Å². The van der Waals surface area contributed by atoms with Gasteiger partial charge in [-0.15, -0.1) is 0 Å². The molecule has 3 nitrogen and oxygen atoms in total. The first kappa shape index (κ1) is 13.1. The highest BCUT2D eigenvalue weighted by molar-refractivity contribution is 9.10. The van der Waals surface area contributed by atoms with E-state index in [1.54, 1.807) is 0 Å². The van der Waals surface area contributed by atoms with E-state index in [-0.39, 0.29) is 11.8 Å². The molecule has 0 radical (unpaired) electrons. The Morgan fingerprint density at radius 2 is 2.11 bits per heavy atom. The highest BCUT2D eigenvalue weighted by Crippen LogP contribution is 2.23. The van der Waals surface area contributed by atoms with Crippen molar-refractivity contribution in [2.45, 2.75) is 19.8 Å². The Bertz CT molecular complexity index is 499. The standard InChI is InChI=1S/C14H15BrN2O/c1-10-2-3-12(13(15)8-10)14(18)17-6-4-11(9-16)5-7-17/h2-3,8,11H,4-7H2,1H3. The minimum absolute atomic E-state index is 0.0539. The summed E-state index contributed by atoms with van der Waals surface area (Å²) in [6.07, 6.45) is 1.57. The molecular weight excluding hydrogens is 292 g/mol. The van der Waals surface area contributed by atoms with Crippen molar-refractivity contribution < 1.29 is 4.79 Å². The van der Waals surface area contributed by atoms with Crippen LogP contribution in [-0.4, -0.2) is 23.9 Å². The number of carbonyl (C=O) groups is 1. The molecule has 0 unspecified atom stereocenters. The van der Waals surface area contributed by atoms with Crippen LogP contribution < -0.4 is 0 Å². The molecule has 0 atom stereocenters. The van der Waals surface area contributed by atoms with E-state index in [2.05, 4.69) is 22.0 Å². The molecule has 0 spiro atoms. The van der Waals surface area contributed by atoms with Crippen molar-refractivity contribution in [3.63, 3.8) is 0 Å². The summed E-state index contributed by atoms with van der Waals surface area (Å²) in [6.45, 7) is 3.35. The summed E-state index contributed by atoms with van der Waals surface area (Å²) in [5.74, 6) is 0.161. The number of amides is 1. The number of nitriles is 1. The van der Waals surface area contributed by atoms with E-state index >= 15 is 0 Å². The molecule has 0 saturated carbocycles. The number of likely N-dealkylation sites (tertiary alicyclic amines) is 1. The van der Waals surface area contributed by atoms with Gasteiger partial charge in [0, 0.05) is 23.5 Å². The Balaban J connectivity index is 2.11. The number of aryl methyl sites for hydroxylation is 1. The fraction of sp³-hybridized carbons (Fsp3) is 0.429. The molecule has 0 N–H and O–H groups in total. The van der Waals surface area contributed by atoms with Crippen LogP contribution in [0.1, 0.15) is 28.8 Å². The lowest BCUT2D eigenvalue weighted by Gasteiger charge is -2.29. The second-order valence-electron chi connectivity index (χ2n) is 4.68. The summed E-state index contributed by atoms with van der Waals surface area (Å²) >= 11 is 3.44. The molecule has 0 bridgehead atoms. The van der Waals surface area contributed by atoms with Crippen molar-refractivity contribution >= 4 is 21.8 Å². The Morgan fingerprint density at radius 1 is 1.44 bits per heavy atom. The average molecular weight is 307 g/mol. The van der Waals surface area contributed by atoms with Crippen LogP contribution in [0, 0.1) is 24.2 Å². The first-order valence-electron chi connectivity index (χ1n) is 6.07. The lowest BCUT2D eigenvalue weighted by molar-refractivity contribution is 0.0706. The Labute approximate surface area is 116 Å². The van der Waals surface area contributed by atoms with Crippen LogP contribution in [0.3, 0.4) is 0 Å². The summed E-state index contributed by atoms with van der Waals surface area (Å²) < 4.78 is 0.843. The predicted octanol–water partition coefficient (Wildman–Crippen LogP) is 3.13. The van der Waals surface area contributed by atoms with E-state index in [4.69, 9.17) is 5.26 Å². The summed E-state index contributed by atoms with van der Waals surface area (Å²) in [4.78, 5) is 14.2. The van der Waals surface area contributed by atoms with Gasteiger partial charge in [-0.3, -0.25) is 4.79 Å². The number of hydrogen-bond donors (Lipinski definition) is 0. The number of rotatable bonds is 1. The van der Waals surface area contributed by atoms with Gasteiger partial charge in [-0.25, -0.2) is 0 Å². The van der Waals surface area contributed by atoms with Crippen molar-refractivity contribution in [3.05, 3.63) is 33.8 Å². The summed E-state index contributed by atoms with van der Waals surface area (Å²) in [5.41, 5.74) is 1.83. The zero-order valence-corrected chi connectivity index (χ0v) is 11.9. The normalized spacial score (nSPS) is 16.4. The van der Waals surface area contributed by atoms with Gasteiger partial charge in [0.1, 0.15) is 0 Å². The largest absolute Gasteiger partial charge is 0.339 e. The Kier molecular flexibility index (Phi) is 4.03. The van der Waals surface area contributed by atoms with Crippen molar-refractivity contribution in [1.29, 1.82) is 5.26 Å². The molecule has 1 saturated heterocycles. The van der Waals surface area contributed by atoms with Gasteiger partial charge >= 0.3 is 0 Å². The number of hydrogen-bond acceptors (Lipinski definition) is 2. The zero-order chi connectivity index (χ0) is 13.1. The highest BCUT2D eigenvalue weighted by Gasteiger charge is 2.24. The molecule has 94 valence electrons. The SMILES string of the molecule is Cc1ccc(C(=O)N2CCC(C#N)CC2)c(Br)c1. The van der Waals surface area contributed by atoms with Crippen molar-refractivity contribution in [2.75, 3.05) is 13.1 Å². The van der Waals surface area contributed by atoms with Gasteiger partial charge in [0.15, 0.2) is 0 Å². The number of halogens is 1. The molecule has 1 aliphatic heterocycles. The molecule has 1 fully saturated rings. The first-order valence-corrected chi connectivity index (χ1v) is 6.86. The third-order valence-corrected chi connectivity index (χ3v) is 3.98. The van der Waals surface area contributed by atoms with Gasteiger partial charge in [-0.2, -0.15) is 5.26 Å². The van der Waals surface area contributed by atoms with Crippen molar-refractivity contribution in [3.8, 4) is 6.07 Å². The number of carbonyl (C=O) groups excluding carboxylic acids is 1. The minimum atomic E-state index is 0.0539. The number of piperidine rings is 1. The van der Waals surface area contributed by atoms with E-state index in [1.807, 2.05) is 30.0 Å². The van der Waals surface area contributed by atoms with Crippen LogP contribution >= 0.6 is 15.9 Å². The Morgan fingerprint density at radius 3 is 2.67 bits per heavy atom. The second kappa shape index (κ2) is 5.53. The Hall–Kier alpha value is -1.34.